The second-order valence-corrected chi connectivity index (χ2v) is 4.64. The van der Waals surface area contributed by atoms with Gasteiger partial charge >= 0.3 is 6.29 Å². The van der Waals surface area contributed by atoms with Crippen LogP contribution in [0, 0.1) is 0 Å². The second-order valence-electron chi connectivity index (χ2n) is 4.64. The fraction of sp³-hybridized carbons (Fsp3) is 0.308. The highest BCUT2D eigenvalue weighted by molar-refractivity contribution is 5.99. The Hall–Kier alpha value is -2.91. The van der Waals surface area contributed by atoms with E-state index in [4.69, 9.17) is 5.73 Å². The lowest BCUT2D eigenvalue weighted by Crippen LogP contribution is -2.47. The zero-order valence-electron chi connectivity index (χ0n) is 11.9. The van der Waals surface area contributed by atoms with Gasteiger partial charge in [-0.05, 0) is 18.2 Å². The van der Waals surface area contributed by atoms with Gasteiger partial charge in [0.15, 0.2) is 11.5 Å². The van der Waals surface area contributed by atoms with Crippen LogP contribution in [0.2, 0.25) is 0 Å². The molecule has 8 nitrogen and oxygen atoms in total. The summed E-state index contributed by atoms with van der Waals surface area (Å²) in [7, 11) is 1.32. The summed E-state index contributed by atoms with van der Waals surface area (Å²) in [5, 5.41) is 4.57. The van der Waals surface area contributed by atoms with Gasteiger partial charge in [0.1, 0.15) is 6.04 Å². The molecule has 124 valence electrons. The Bertz CT molecular complexity index is 665. The first-order chi connectivity index (χ1) is 10.7. The van der Waals surface area contributed by atoms with E-state index < -0.39 is 36.5 Å². The Morgan fingerprint density at radius 2 is 1.91 bits per heavy atom. The van der Waals surface area contributed by atoms with E-state index in [0.717, 1.165) is 12.1 Å². The van der Waals surface area contributed by atoms with Gasteiger partial charge in [0.2, 0.25) is 11.8 Å². The van der Waals surface area contributed by atoms with Crippen molar-refractivity contribution in [1.29, 1.82) is 0 Å². The van der Waals surface area contributed by atoms with Crippen LogP contribution in [-0.2, 0) is 9.59 Å². The third-order valence-corrected chi connectivity index (χ3v) is 2.94. The molecule has 0 aliphatic carbocycles. The first-order valence-electron chi connectivity index (χ1n) is 6.42. The number of nitrogens with one attached hydrogen (secondary N) is 2. The molecule has 1 aliphatic heterocycles. The summed E-state index contributed by atoms with van der Waals surface area (Å²) >= 11 is 0. The maximum absolute atomic E-state index is 12.9. The molecule has 23 heavy (non-hydrogen) atoms. The minimum Gasteiger partial charge on any atom is -0.395 e. The summed E-state index contributed by atoms with van der Waals surface area (Å²) in [5.41, 5.74) is 4.96. The molecule has 10 heteroatoms. The Labute approximate surface area is 128 Å². The zero-order chi connectivity index (χ0) is 17.2. The minimum absolute atomic E-state index is 0.0524. The predicted octanol–water partition coefficient (Wildman–Crippen LogP) is -0.272. The second kappa shape index (κ2) is 6.07. The number of ether oxygens (including phenoxy) is 2. The number of rotatable bonds is 5. The molecular weight excluding hydrogens is 316 g/mol. The van der Waals surface area contributed by atoms with Gasteiger partial charge in [0.05, 0.1) is 6.42 Å². The number of nitrogens with two attached hydrogens (primary N) is 1. The first kappa shape index (κ1) is 16.5. The van der Waals surface area contributed by atoms with Crippen molar-refractivity contribution in [3.63, 3.8) is 0 Å². The van der Waals surface area contributed by atoms with Crippen LogP contribution in [0.15, 0.2) is 18.2 Å². The molecule has 2 rings (SSSR count). The van der Waals surface area contributed by atoms with Crippen molar-refractivity contribution < 1.29 is 32.6 Å². The molecule has 0 saturated heterocycles. The average molecular weight is 329 g/mol. The molecule has 0 unspecified atom stereocenters. The summed E-state index contributed by atoms with van der Waals surface area (Å²) in [6, 6.07) is 2.20. The number of carbonyl (C=O) groups is 3. The highest BCUT2D eigenvalue weighted by atomic mass is 19.3. The van der Waals surface area contributed by atoms with Crippen LogP contribution in [-0.4, -0.2) is 37.1 Å². The number of carbonyl (C=O) groups excluding carboxylic acids is 3. The molecule has 3 amide bonds. The molecule has 4 N–H and O–H groups in total. The molecule has 0 radical (unpaired) electrons. The predicted molar refractivity (Wildman–Crippen MR) is 71.8 cm³/mol. The third-order valence-electron chi connectivity index (χ3n) is 2.94. The molecule has 0 spiro atoms. The maximum atomic E-state index is 12.9. The molecule has 1 heterocycles. The van der Waals surface area contributed by atoms with Crippen molar-refractivity contribution in [1.82, 2.24) is 10.6 Å². The molecule has 0 aromatic heterocycles. The SMILES string of the molecule is CNC(=O)[C@H](CC(N)=O)NC(=O)c1ccc2c(c1)OC(F)(F)O2. The van der Waals surface area contributed by atoms with Crippen LogP contribution < -0.4 is 25.8 Å². The largest absolute Gasteiger partial charge is 0.586 e. The number of primary amides is 1. The normalized spacial score (nSPS) is 15.6. The molecule has 1 aromatic rings. The molecule has 1 atom stereocenters. The van der Waals surface area contributed by atoms with Crippen LogP contribution in [0.1, 0.15) is 16.8 Å². The van der Waals surface area contributed by atoms with Gasteiger partial charge in [0, 0.05) is 12.6 Å². The summed E-state index contributed by atoms with van der Waals surface area (Å²) in [6.07, 6.45) is -4.21. The van der Waals surface area contributed by atoms with Crippen LogP contribution in [0.3, 0.4) is 0 Å². The van der Waals surface area contributed by atoms with E-state index in [-0.39, 0.29) is 17.1 Å². The molecular formula is C13H13F2N3O5. The number of alkyl halides is 2. The monoisotopic (exact) mass is 329 g/mol. The lowest BCUT2D eigenvalue weighted by atomic mass is 10.1. The van der Waals surface area contributed by atoms with E-state index in [1.807, 2.05) is 0 Å². The molecule has 0 saturated carbocycles. The Balaban J connectivity index is 2.14. The first-order valence-corrected chi connectivity index (χ1v) is 6.42. The van der Waals surface area contributed by atoms with Gasteiger partial charge < -0.3 is 25.8 Å². The van der Waals surface area contributed by atoms with Gasteiger partial charge in [-0.25, -0.2) is 0 Å². The van der Waals surface area contributed by atoms with Crippen molar-refractivity contribution in [3.8, 4) is 11.5 Å². The van der Waals surface area contributed by atoms with Gasteiger partial charge in [0.25, 0.3) is 5.91 Å². The van der Waals surface area contributed by atoms with E-state index in [9.17, 15) is 23.2 Å². The van der Waals surface area contributed by atoms with Gasteiger partial charge in [-0.3, -0.25) is 14.4 Å². The number of hydrogen-bond acceptors (Lipinski definition) is 5. The summed E-state index contributed by atoms with van der Waals surface area (Å²) < 4.78 is 34.3. The highest BCUT2D eigenvalue weighted by Crippen LogP contribution is 2.41. The number of fused-ring (bicyclic) bond motifs is 1. The van der Waals surface area contributed by atoms with Gasteiger partial charge in [-0.1, -0.05) is 0 Å². The standard InChI is InChI=1S/C13H13F2N3O5/c1-17-12(21)7(5-10(16)19)18-11(20)6-2-3-8-9(4-6)23-13(14,15)22-8/h2-4,7H,5H2,1H3,(H2,16,19)(H,17,21)(H,18,20)/t7-/m0/s1. The minimum atomic E-state index is -3.80. The molecule has 0 fully saturated rings. The summed E-state index contributed by atoms with van der Waals surface area (Å²) in [6.45, 7) is 0. The number of hydrogen-bond donors (Lipinski definition) is 3. The van der Waals surface area contributed by atoms with E-state index in [1.54, 1.807) is 0 Å². The number of amides is 3. The zero-order valence-corrected chi connectivity index (χ0v) is 11.9. The fourth-order valence-electron chi connectivity index (χ4n) is 1.92. The van der Waals surface area contributed by atoms with Gasteiger partial charge in [-0.15, -0.1) is 8.78 Å². The van der Waals surface area contributed by atoms with Crippen molar-refractivity contribution >= 4 is 17.7 Å². The van der Waals surface area contributed by atoms with Crippen LogP contribution in [0.4, 0.5) is 8.78 Å². The van der Waals surface area contributed by atoms with E-state index >= 15 is 0 Å². The fourth-order valence-corrected chi connectivity index (χ4v) is 1.92. The van der Waals surface area contributed by atoms with Crippen molar-refractivity contribution in [2.75, 3.05) is 7.05 Å². The van der Waals surface area contributed by atoms with Gasteiger partial charge in [-0.2, -0.15) is 0 Å². The Kier molecular flexibility index (Phi) is 4.34. The topological polar surface area (TPSA) is 120 Å². The Morgan fingerprint density at radius 3 is 2.52 bits per heavy atom. The van der Waals surface area contributed by atoms with Crippen LogP contribution in [0.5, 0.6) is 11.5 Å². The molecule has 0 bridgehead atoms. The summed E-state index contributed by atoms with van der Waals surface area (Å²) in [4.78, 5) is 34.6. The smallest absolute Gasteiger partial charge is 0.395 e. The number of benzene rings is 1. The van der Waals surface area contributed by atoms with Crippen molar-refractivity contribution in [2.45, 2.75) is 18.8 Å². The van der Waals surface area contributed by atoms with Crippen molar-refractivity contribution in [3.05, 3.63) is 23.8 Å². The maximum Gasteiger partial charge on any atom is 0.586 e. The number of halogens is 2. The Morgan fingerprint density at radius 1 is 1.26 bits per heavy atom. The molecule has 1 aliphatic rings. The van der Waals surface area contributed by atoms with Crippen LogP contribution >= 0.6 is 0 Å². The lowest BCUT2D eigenvalue weighted by Gasteiger charge is -2.15. The van der Waals surface area contributed by atoms with E-state index in [1.165, 1.54) is 13.1 Å². The van der Waals surface area contributed by atoms with E-state index in [0.29, 0.717) is 0 Å². The lowest BCUT2D eigenvalue weighted by molar-refractivity contribution is -0.286. The van der Waals surface area contributed by atoms with Crippen molar-refractivity contribution in [2.24, 2.45) is 5.73 Å². The quantitative estimate of drug-likeness (QED) is 0.687. The third kappa shape index (κ3) is 3.84. The highest BCUT2D eigenvalue weighted by Gasteiger charge is 2.43. The molecule has 1 aromatic carbocycles. The average Bonchev–Trinajstić information content (AvgIpc) is 2.77. The van der Waals surface area contributed by atoms with Crippen LogP contribution in [0.25, 0.3) is 0 Å². The summed E-state index contributed by atoms with van der Waals surface area (Å²) in [5.74, 6) is -2.70. The van der Waals surface area contributed by atoms with E-state index in [2.05, 4.69) is 20.1 Å². The number of likely N-dealkylation sites (N-methyl/N-ethyl adjacent to an activating group) is 1.